The zero-order chi connectivity index (χ0) is 14.9. The molecule has 127 valence electrons. The summed E-state index contributed by atoms with van der Waals surface area (Å²) >= 11 is 0. The van der Waals surface area contributed by atoms with E-state index < -0.39 is 8.32 Å². The normalized spacial score (nSPS) is 13.3. The predicted octanol–water partition coefficient (Wildman–Crippen LogP) is -0.939. The van der Waals surface area contributed by atoms with Crippen LogP contribution in [0.15, 0.2) is 54.3 Å². The fraction of sp³-hybridized carbons (Fsp3) is 0.278. The number of rotatable bonds is 5. The zero-order valence-electron chi connectivity index (χ0n) is 14.1. The Morgan fingerprint density at radius 3 is 2.50 bits per heavy atom. The Morgan fingerprint density at radius 1 is 1.12 bits per heavy atom. The second-order valence-corrected chi connectivity index (χ2v) is 10.9. The maximum Gasteiger partial charge on any atom is 3.00 e. The molecule has 0 unspecified atom stereocenters. The largest absolute Gasteiger partial charge is 3.00 e. The molecule has 1 aliphatic carbocycles. The van der Waals surface area contributed by atoms with Crippen molar-refractivity contribution in [2.24, 2.45) is 0 Å². The van der Waals surface area contributed by atoms with Gasteiger partial charge in [-0.3, -0.25) is 0 Å². The maximum atomic E-state index is 5.85. The van der Waals surface area contributed by atoms with E-state index in [1.54, 1.807) is 0 Å². The van der Waals surface area contributed by atoms with Crippen molar-refractivity contribution in [2.75, 3.05) is 6.79 Å². The van der Waals surface area contributed by atoms with Gasteiger partial charge >= 0.3 is 26.2 Å². The molecule has 0 saturated heterocycles. The van der Waals surface area contributed by atoms with Gasteiger partial charge in [-0.15, -0.1) is 34.5 Å². The van der Waals surface area contributed by atoms with Crippen LogP contribution in [0.1, 0.15) is 12.0 Å². The van der Waals surface area contributed by atoms with Crippen LogP contribution in [0.25, 0.3) is 16.3 Å². The molecule has 0 spiro atoms. The molecule has 24 heavy (non-hydrogen) atoms. The average molecular weight is 460 g/mol. The van der Waals surface area contributed by atoms with E-state index in [1.165, 1.54) is 21.9 Å². The van der Waals surface area contributed by atoms with Crippen LogP contribution in [-0.4, -0.2) is 15.1 Å². The van der Waals surface area contributed by atoms with E-state index in [2.05, 4.69) is 68.2 Å². The molecule has 0 atom stereocenters. The number of benzene rings is 1. The van der Waals surface area contributed by atoms with E-state index in [1.807, 2.05) is 0 Å². The second-order valence-electron chi connectivity index (χ2n) is 6.34. The molecule has 2 nitrogen and oxygen atoms in total. The van der Waals surface area contributed by atoms with Gasteiger partial charge in [0, 0.05) is 0 Å². The summed E-state index contributed by atoms with van der Waals surface area (Å²) < 4.78 is 11.6. The summed E-state index contributed by atoms with van der Waals surface area (Å²) in [6.45, 7) is 6.85. The monoisotopic (exact) mass is 457 g/mol. The third kappa shape index (κ3) is 5.93. The first-order valence-electron chi connectivity index (χ1n) is 7.35. The molecule has 1 radical (unpaired) electrons. The predicted molar refractivity (Wildman–Crippen MR) is 90.6 cm³/mol. The smallest absolute Gasteiger partial charge is 1.00 e. The number of allylic oxidation sites excluding steroid dienone is 3. The first-order chi connectivity index (χ1) is 10.0. The van der Waals surface area contributed by atoms with Crippen molar-refractivity contribution < 1.29 is 60.2 Å². The van der Waals surface area contributed by atoms with Gasteiger partial charge in [0.25, 0.3) is 0 Å². The quantitative estimate of drug-likeness (QED) is 0.327. The van der Waals surface area contributed by atoms with Crippen LogP contribution in [0, 0.1) is 0 Å². The van der Waals surface area contributed by atoms with Crippen molar-refractivity contribution in [3.8, 4) is 0 Å². The molecule has 0 aromatic heterocycles. The van der Waals surface area contributed by atoms with Crippen LogP contribution in [0.5, 0.6) is 0 Å². The Morgan fingerprint density at radius 2 is 1.83 bits per heavy atom. The molecule has 0 fully saturated rings. The summed E-state index contributed by atoms with van der Waals surface area (Å²) in [5, 5.41) is 2.56. The van der Waals surface area contributed by atoms with Crippen LogP contribution >= 0.6 is 0 Å². The van der Waals surface area contributed by atoms with Gasteiger partial charge < -0.3 is 34.0 Å². The average Bonchev–Trinajstić information content (AvgIpc) is 3.02. The van der Waals surface area contributed by atoms with E-state index in [0.717, 1.165) is 12.2 Å². The molecule has 1 aliphatic rings. The molecule has 0 heterocycles. The summed E-state index contributed by atoms with van der Waals surface area (Å²) in [5.74, 6) is 0.948. The summed E-state index contributed by atoms with van der Waals surface area (Å²) in [5.41, 5.74) is 2.51. The van der Waals surface area contributed by atoms with E-state index in [4.69, 9.17) is 9.16 Å². The molecule has 0 bridgehead atoms. The maximum absolute atomic E-state index is 5.85. The Kier molecular flexibility index (Phi) is 9.93. The van der Waals surface area contributed by atoms with Crippen LogP contribution < -0.4 is 24.8 Å². The van der Waals surface area contributed by atoms with Crippen LogP contribution in [0.4, 0.5) is 0 Å². The summed E-state index contributed by atoms with van der Waals surface area (Å²) in [7, 11) is -1.53. The minimum Gasteiger partial charge on any atom is -1.00 e. The molecular formula is C18H21Cl2O2SiZr. The number of fused-ring (bicyclic) bond motifs is 1. The van der Waals surface area contributed by atoms with Crippen molar-refractivity contribution in [1.29, 1.82) is 0 Å². The molecule has 0 saturated carbocycles. The van der Waals surface area contributed by atoms with Gasteiger partial charge in [-0.1, -0.05) is 29.8 Å². The summed E-state index contributed by atoms with van der Waals surface area (Å²) in [4.78, 5) is 0. The molecule has 0 amide bonds. The van der Waals surface area contributed by atoms with E-state index in [9.17, 15) is 0 Å². The van der Waals surface area contributed by atoms with Crippen LogP contribution in [0.3, 0.4) is 0 Å². The molecular weight excluding hydrogens is 438 g/mol. The third-order valence-corrected chi connectivity index (χ3v) is 4.55. The Bertz CT molecular complexity index is 684. The first kappa shape index (κ1) is 23.8. The van der Waals surface area contributed by atoms with E-state index in [-0.39, 0.29) is 51.0 Å². The number of hydrogen-bond acceptors (Lipinski definition) is 2. The van der Waals surface area contributed by atoms with Crippen molar-refractivity contribution >= 4 is 24.7 Å². The molecule has 0 aliphatic heterocycles. The van der Waals surface area contributed by atoms with Gasteiger partial charge in [-0.05, 0) is 32.1 Å². The molecule has 2 aromatic rings. The number of halogens is 2. The Balaban J connectivity index is 0.00000176. The van der Waals surface area contributed by atoms with Gasteiger partial charge in [0.2, 0.25) is 0 Å². The Hall–Kier alpha value is -0.250. The van der Waals surface area contributed by atoms with Gasteiger partial charge in [0.15, 0.2) is 15.1 Å². The van der Waals surface area contributed by atoms with E-state index >= 15 is 0 Å². The van der Waals surface area contributed by atoms with Gasteiger partial charge in [-0.25, -0.2) is 0 Å². The SMILES string of the molecule is C[Si](C)(C)OCOC1=C(c2cc3ccccc3[cH-]2)CC=C1.[Cl-].[Cl-].[Zr+3]. The van der Waals surface area contributed by atoms with Gasteiger partial charge in [0.05, 0.1) is 5.76 Å². The fourth-order valence-corrected chi connectivity index (χ4v) is 2.89. The van der Waals surface area contributed by atoms with Crippen molar-refractivity contribution in [1.82, 2.24) is 0 Å². The molecule has 6 heteroatoms. The number of ether oxygens (including phenoxy) is 1. The minimum absolute atomic E-state index is 0. The Labute approximate surface area is 176 Å². The molecule has 3 rings (SSSR count). The third-order valence-electron chi connectivity index (χ3n) is 3.56. The van der Waals surface area contributed by atoms with Crippen molar-refractivity contribution in [3.63, 3.8) is 0 Å². The fourth-order valence-electron chi connectivity index (χ4n) is 2.47. The summed E-state index contributed by atoms with van der Waals surface area (Å²) in [6, 6.07) is 12.9. The van der Waals surface area contributed by atoms with Crippen LogP contribution in [0.2, 0.25) is 19.6 Å². The van der Waals surface area contributed by atoms with E-state index in [0.29, 0.717) is 6.79 Å². The number of hydrogen-bond donors (Lipinski definition) is 0. The minimum atomic E-state index is -1.53. The standard InChI is InChI=1S/C18H21O2Si.2ClH.Zr/c1-21(2,3)20-13-19-18-10-6-9-17(18)16-11-14-7-4-5-8-15(14)12-16;;;/h4-8,10-12H,9,13H2,1-3H3;2*1H;/q-1;;;+3/p-2. The zero-order valence-corrected chi connectivity index (χ0v) is 19.1. The van der Waals surface area contributed by atoms with Gasteiger partial charge in [0.1, 0.15) is 0 Å². The summed E-state index contributed by atoms with van der Waals surface area (Å²) in [6.07, 6.45) is 5.13. The van der Waals surface area contributed by atoms with Crippen LogP contribution in [-0.2, 0) is 35.4 Å². The topological polar surface area (TPSA) is 18.5 Å². The van der Waals surface area contributed by atoms with Crippen molar-refractivity contribution in [2.45, 2.75) is 26.1 Å². The first-order valence-corrected chi connectivity index (χ1v) is 10.8. The van der Waals surface area contributed by atoms with Gasteiger partial charge in [-0.2, -0.15) is 0 Å². The van der Waals surface area contributed by atoms with Crippen molar-refractivity contribution in [3.05, 3.63) is 59.9 Å². The molecule has 0 N–H and O–H groups in total. The second kappa shape index (κ2) is 10.0. The molecule has 2 aromatic carbocycles.